The summed E-state index contributed by atoms with van der Waals surface area (Å²) in [5, 5.41) is 3.83. The minimum atomic E-state index is -3.45. The first kappa shape index (κ1) is 16.7. The molecule has 0 heterocycles. The molecule has 1 fully saturated rings. The molecule has 0 saturated heterocycles. The number of sulfonamides is 1. The summed E-state index contributed by atoms with van der Waals surface area (Å²) < 4.78 is 27.3. The first-order valence-electron chi connectivity index (χ1n) is 7.43. The quantitative estimate of drug-likeness (QED) is 0.721. The Bertz CT molecular complexity index is 589. The maximum Gasteiger partial charge on any atom is 0.240 e. The zero-order chi connectivity index (χ0) is 15.5. The second-order valence-corrected chi connectivity index (χ2v) is 7.93. The highest BCUT2D eigenvalue weighted by Gasteiger charge is 2.33. The van der Waals surface area contributed by atoms with Gasteiger partial charge in [-0.2, -0.15) is 0 Å². The van der Waals surface area contributed by atoms with E-state index in [0.717, 1.165) is 24.9 Å². The van der Waals surface area contributed by atoms with Crippen molar-refractivity contribution >= 4 is 21.6 Å². The van der Waals surface area contributed by atoms with Crippen LogP contribution in [0.25, 0.3) is 0 Å². The fourth-order valence-electron chi connectivity index (χ4n) is 2.24. The van der Waals surface area contributed by atoms with Crippen LogP contribution in [0.4, 0.5) is 0 Å². The van der Waals surface area contributed by atoms with Gasteiger partial charge >= 0.3 is 0 Å². The van der Waals surface area contributed by atoms with Crippen molar-refractivity contribution < 1.29 is 8.42 Å². The molecule has 1 aromatic carbocycles. The van der Waals surface area contributed by atoms with Crippen LogP contribution >= 0.6 is 11.6 Å². The zero-order valence-electron chi connectivity index (χ0n) is 12.5. The summed E-state index contributed by atoms with van der Waals surface area (Å²) in [6.45, 7) is 6.20. The molecule has 1 aromatic rings. The lowest BCUT2D eigenvalue weighted by molar-refractivity contribution is 0.574. The van der Waals surface area contributed by atoms with Crippen molar-refractivity contribution in [3.63, 3.8) is 0 Å². The average molecular weight is 331 g/mol. The summed E-state index contributed by atoms with van der Waals surface area (Å²) in [4.78, 5) is 0.286. The summed E-state index contributed by atoms with van der Waals surface area (Å²) >= 11 is 6.13. The Kier molecular flexibility index (Phi) is 5.66. The lowest BCUT2D eigenvalue weighted by Gasteiger charge is -2.10. The van der Waals surface area contributed by atoms with Crippen molar-refractivity contribution in [2.75, 3.05) is 13.1 Å². The normalized spacial score (nSPS) is 21.5. The highest BCUT2D eigenvalue weighted by atomic mass is 35.5. The predicted molar refractivity (Wildman–Crippen MR) is 85.9 cm³/mol. The van der Waals surface area contributed by atoms with Crippen LogP contribution in [0.2, 0.25) is 5.02 Å². The molecule has 21 heavy (non-hydrogen) atoms. The number of rotatable bonds is 8. The summed E-state index contributed by atoms with van der Waals surface area (Å²) in [6, 6.07) is 4.87. The highest BCUT2D eigenvalue weighted by Crippen LogP contribution is 2.37. The molecule has 2 unspecified atom stereocenters. The summed E-state index contributed by atoms with van der Waals surface area (Å²) in [5.74, 6) is 1.12. The maximum atomic E-state index is 12.3. The van der Waals surface area contributed by atoms with E-state index in [2.05, 4.69) is 23.9 Å². The first-order chi connectivity index (χ1) is 9.94. The molecule has 0 radical (unpaired) electrons. The molecule has 1 saturated carbocycles. The van der Waals surface area contributed by atoms with E-state index in [4.69, 9.17) is 11.6 Å². The van der Waals surface area contributed by atoms with Crippen LogP contribution in [0.3, 0.4) is 0 Å². The van der Waals surface area contributed by atoms with Gasteiger partial charge in [0.15, 0.2) is 0 Å². The fraction of sp³-hybridized carbons (Fsp3) is 0.600. The first-order valence-corrected chi connectivity index (χ1v) is 9.29. The van der Waals surface area contributed by atoms with Crippen LogP contribution in [0, 0.1) is 11.8 Å². The van der Waals surface area contributed by atoms with Crippen molar-refractivity contribution in [3.8, 4) is 0 Å². The van der Waals surface area contributed by atoms with Gasteiger partial charge in [-0.3, -0.25) is 0 Å². The molecular formula is C15H23ClN2O2S. The second-order valence-electron chi connectivity index (χ2n) is 5.75. The number of hydrogen-bond donors (Lipinski definition) is 2. The Morgan fingerprint density at radius 2 is 2.10 bits per heavy atom. The van der Waals surface area contributed by atoms with Gasteiger partial charge in [-0.15, -0.1) is 0 Å². The van der Waals surface area contributed by atoms with Crippen molar-refractivity contribution in [3.05, 3.63) is 28.8 Å². The van der Waals surface area contributed by atoms with E-state index >= 15 is 0 Å². The smallest absolute Gasteiger partial charge is 0.240 e. The highest BCUT2D eigenvalue weighted by molar-refractivity contribution is 7.89. The Morgan fingerprint density at radius 1 is 1.38 bits per heavy atom. The van der Waals surface area contributed by atoms with E-state index in [1.165, 1.54) is 0 Å². The Morgan fingerprint density at radius 3 is 2.71 bits per heavy atom. The van der Waals surface area contributed by atoms with Crippen LogP contribution in [0.15, 0.2) is 23.1 Å². The molecule has 1 aliphatic carbocycles. The van der Waals surface area contributed by atoms with Gasteiger partial charge in [0, 0.05) is 18.1 Å². The van der Waals surface area contributed by atoms with E-state index < -0.39 is 10.0 Å². The minimum absolute atomic E-state index is 0.286. The summed E-state index contributed by atoms with van der Waals surface area (Å²) in [6.07, 6.45) is 2.13. The van der Waals surface area contributed by atoms with Gasteiger partial charge in [0.1, 0.15) is 0 Å². The fourth-order valence-corrected chi connectivity index (χ4v) is 3.57. The van der Waals surface area contributed by atoms with Gasteiger partial charge in [-0.25, -0.2) is 13.1 Å². The molecule has 0 bridgehead atoms. The molecule has 0 aliphatic heterocycles. The molecule has 1 aliphatic rings. The van der Waals surface area contributed by atoms with Gasteiger partial charge in [0.2, 0.25) is 10.0 Å². The van der Waals surface area contributed by atoms with Gasteiger partial charge in [0.05, 0.1) is 4.90 Å². The Balaban J connectivity index is 2.05. The number of hydrogen-bond acceptors (Lipinski definition) is 3. The van der Waals surface area contributed by atoms with Crippen LogP contribution < -0.4 is 10.0 Å². The van der Waals surface area contributed by atoms with Crippen LogP contribution in [-0.4, -0.2) is 21.5 Å². The average Bonchev–Trinajstić information content (AvgIpc) is 3.15. The van der Waals surface area contributed by atoms with Gasteiger partial charge in [-0.05, 0) is 55.0 Å². The van der Waals surface area contributed by atoms with Crippen LogP contribution in [0.1, 0.15) is 32.3 Å². The topological polar surface area (TPSA) is 58.2 Å². The molecule has 0 amide bonds. The van der Waals surface area contributed by atoms with Gasteiger partial charge < -0.3 is 5.32 Å². The third-order valence-corrected chi connectivity index (χ3v) is 5.67. The second kappa shape index (κ2) is 7.09. The Labute approximate surface area is 132 Å². The van der Waals surface area contributed by atoms with Crippen molar-refractivity contribution in [2.45, 2.75) is 38.1 Å². The maximum absolute atomic E-state index is 12.3. The van der Waals surface area contributed by atoms with E-state index in [9.17, 15) is 8.42 Å². The van der Waals surface area contributed by atoms with Crippen LogP contribution in [0.5, 0.6) is 0 Å². The standard InChI is InChI=1S/C15H23ClN2O2S/c1-3-6-17-9-13-8-14(4-5-15(13)16)21(19,20)18-10-12-7-11(12)2/h4-5,8,11-12,17-18H,3,6-7,9-10H2,1-2H3. The lowest BCUT2D eigenvalue weighted by atomic mass is 10.2. The number of benzene rings is 1. The third-order valence-electron chi connectivity index (χ3n) is 3.88. The Hall–Kier alpha value is -0.620. The number of nitrogens with one attached hydrogen (secondary N) is 2. The molecule has 6 heteroatoms. The van der Waals surface area contributed by atoms with E-state index in [1.54, 1.807) is 18.2 Å². The van der Waals surface area contributed by atoms with Gasteiger partial charge in [0.25, 0.3) is 0 Å². The van der Waals surface area contributed by atoms with Crippen molar-refractivity contribution in [2.24, 2.45) is 11.8 Å². The molecule has 0 spiro atoms. The molecule has 0 aromatic heterocycles. The molecule has 2 N–H and O–H groups in total. The SMILES string of the molecule is CCCNCc1cc(S(=O)(=O)NCC2CC2C)ccc1Cl. The van der Waals surface area contributed by atoms with Crippen molar-refractivity contribution in [1.29, 1.82) is 0 Å². The zero-order valence-corrected chi connectivity index (χ0v) is 14.1. The third kappa shape index (κ3) is 4.68. The summed E-state index contributed by atoms with van der Waals surface area (Å²) in [7, 11) is -3.45. The lowest BCUT2D eigenvalue weighted by Crippen LogP contribution is -2.26. The number of halogens is 1. The minimum Gasteiger partial charge on any atom is -0.313 e. The van der Waals surface area contributed by atoms with Crippen molar-refractivity contribution in [1.82, 2.24) is 10.0 Å². The molecule has 118 valence electrons. The molecule has 2 rings (SSSR count). The van der Waals surface area contributed by atoms with E-state index in [1.807, 2.05) is 0 Å². The van der Waals surface area contributed by atoms with Gasteiger partial charge in [-0.1, -0.05) is 25.4 Å². The monoisotopic (exact) mass is 330 g/mol. The molecular weight excluding hydrogens is 308 g/mol. The van der Waals surface area contributed by atoms with Crippen LogP contribution in [-0.2, 0) is 16.6 Å². The van der Waals surface area contributed by atoms with E-state index in [0.29, 0.717) is 29.9 Å². The largest absolute Gasteiger partial charge is 0.313 e. The van der Waals surface area contributed by atoms with E-state index in [-0.39, 0.29) is 4.90 Å². The summed E-state index contributed by atoms with van der Waals surface area (Å²) in [5.41, 5.74) is 0.813. The predicted octanol–water partition coefficient (Wildman–Crippen LogP) is 2.77. The molecule has 4 nitrogen and oxygen atoms in total. The molecule has 2 atom stereocenters.